The summed E-state index contributed by atoms with van der Waals surface area (Å²) in [6.45, 7) is 9.16. The molecule has 3 unspecified atom stereocenters. The molecule has 4 N–H and O–H groups in total. The summed E-state index contributed by atoms with van der Waals surface area (Å²) in [5, 5.41) is 16.5. The fourth-order valence-electron chi connectivity index (χ4n) is 1.31. The van der Waals surface area contributed by atoms with Gasteiger partial charge in [0.15, 0.2) is 0 Å². The number of urea groups is 1. The highest BCUT2D eigenvalue weighted by molar-refractivity contribution is 5.86. The van der Waals surface area contributed by atoms with E-state index in [4.69, 9.17) is 5.11 Å². The molecule has 0 radical (unpaired) electrons. The van der Waals surface area contributed by atoms with Gasteiger partial charge < -0.3 is 21.1 Å². The second-order valence-electron chi connectivity index (χ2n) is 5.39. The number of carboxylic acid groups (broad SMARTS) is 1. The third-order valence-electron chi connectivity index (χ3n) is 2.92. The molecule has 0 aliphatic rings. The standard InChI is InChI=1S/C13H25N3O4/c1-7(2)6-14-11(17)10(5)16-13(20)15-9(4)8(3)12(18)19/h7-10H,6H2,1-5H3,(H,14,17)(H,18,19)(H2,15,16,20). The van der Waals surface area contributed by atoms with Crippen LogP contribution in [0.5, 0.6) is 0 Å². The van der Waals surface area contributed by atoms with Crippen molar-refractivity contribution in [1.29, 1.82) is 0 Å². The lowest BCUT2D eigenvalue weighted by Gasteiger charge is -2.20. The summed E-state index contributed by atoms with van der Waals surface area (Å²) in [7, 11) is 0. The van der Waals surface area contributed by atoms with Gasteiger partial charge >= 0.3 is 12.0 Å². The number of hydrogen-bond acceptors (Lipinski definition) is 3. The molecule has 116 valence electrons. The van der Waals surface area contributed by atoms with Gasteiger partial charge in [0, 0.05) is 12.6 Å². The molecule has 0 heterocycles. The minimum Gasteiger partial charge on any atom is -0.481 e. The average Bonchev–Trinajstić information content (AvgIpc) is 2.34. The number of amides is 3. The van der Waals surface area contributed by atoms with E-state index in [9.17, 15) is 14.4 Å². The lowest BCUT2D eigenvalue weighted by atomic mass is 10.0. The van der Waals surface area contributed by atoms with Crippen molar-refractivity contribution in [3.05, 3.63) is 0 Å². The van der Waals surface area contributed by atoms with Crippen LogP contribution in [-0.2, 0) is 9.59 Å². The lowest BCUT2D eigenvalue weighted by Crippen LogP contribution is -2.52. The van der Waals surface area contributed by atoms with E-state index in [0.717, 1.165) is 0 Å². The largest absolute Gasteiger partial charge is 0.481 e. The van der Waals surface area contributed by atoms with Crippen LogP contribution < -0.4 is 16.0 Å². The first-order valence-corrected chi connectivity index (χ1v) is 6.72. The molecule has 0 fully saturated rings. The van der Waals surface area contributed by atoms with Gasteiger partial charge in [0.2, 0.25) is 5.91 Å². The lowest BCUT2D eigenvalue weighted by molar-refractivity contribution is -0.141. The van der Waals surface area contributed by atoms with Crippen molar-refractivity contribution in [3.8, 4) is 0 Å². The van der Waals surface area contributed by atoms with E-state index in [1.807, 2.05) is 13.8 Å². The molecular formula is C13H25N3O4. The Bertz CT molecular complexity index is 358. The molecule has 0 saturated carbocycles. The van der Waals surface area contributed by atoms with Gasteiger partial charge in [-0.1, -0.05) is 13.8 Å². The highest BCUT2D eigenvalue weighted by Crippen LogP contribution is 2.01. The Hall–Kier alpha value is -1.79. The molecule has 0 spiro atoms. The molecule has 7 heteroatoms. The fourth-order valence-corrected chi connectivity index (χ4v) is 1.31. The SMILES string of the molecule is CC(C)CNC(=O)C(C)NC(=O)NC(C)C(C)C(=O)O. The Kier molecular flexibility index (Phi) is 7.64. The Labute approximate surface area is 119 Å². The van der Waals surface area contributed by atoms with Crippen molar-refractivity contribution in [2.45, 2.75) is 46.7 Å². The van der Waals surface area contributed by atoms with Gasteiger partial charge in [-0.3, -0.25) is 9.59 Å². The number of nitrogens with one attached hydrogen (secondary N) is 3. The zero-order valence-corrected chi connectivity index (χ0v) is 12.7. The van der Waals surface area contributed by atoms with Crippen LogP contribution in [0.15, 0.2) is 0 Å². The highest BCUT2D eigenvalue weighted by atomic mass is 16.4. The number of carbonyl (C=O) groups is 3. The van der Waals surface area contributed by atoms with E-state index in [-0.39, 0.29) is 5.91 Å². The van der Waals surface area contributed by atoms with Gasteiger partial charge in [0.05, 0.1) is 5.92 Å². The summed E-state index contributed by atoms with van der Waals surface area (Å²) in [5.74, 6) is -1.63. The third-order valence-corrected chi connectivity index (χ3v) is 2.92. The second kappa shape index (κ2) is 8.39. The molecule has 0 bridgehead atoms. The zero-order valence-electron chi connectivity index (χ0n) is 12.7. The molecule has 0 saturated heterocycles. The van der Waals surface area contributed by atoms with Gasteiger partial charge in [-0.05, 0) is 26.7 Å². The van der Waals surface area contributed by atoms with Crippen LogP contribution in [0.1, 0.15) is 34.6 Å². The summed E-state index contributed by atoms with van der Waals surface area (Å²) in [4.78, 5) is 34.1. The molecule has 0 aromatic carbocycles. The van der Waals surface area contributed by atoms with Gasteiger partial charge in [-0.2, -0.15) is 0 Å². The minimum atomic E-state index is -0.986. The number of carboxylic acids is 1. The van der Waals surface area contributed by atoms with E-state index in [2.05, 4.69) is 16.0 Å². The number of hydrogen-bond donors (Lipinski definition) is 4. The topological polar surface area (TPSA) is 108 Å². The molecule has 7 nitrogen and oxygen atoms in total. The molecule has 0 aromatic heterocycles. The maximum Gasteiger partial charge on any atom is 0.315 e. The Balaban J connectivity index is 4.19. The van der Waals surface area contributed by atoms with Crippen LogP contribution in [0.3, 0.4) is 0 Å². The molecular weight excluding hydrogens is 262 g/mol. The Morgan fingerprint density at radius 2 is 1.55 bits per heavy atom. The average molecular weight is 287 g/mol. The summed E-state index contributed by atoms with van der Waals surface area (Å²) in [6, 6.07) is -1.77. The van der Waals surface area contributed by atoms with Crippen LogP contribution in [0.4, 0.5) is 4.79 Å². The van der Waals surface area contributed by atoms with Crippen molar-refractivity contribution >= 4 is 17.9 Å². The normalized spacial score (nSPS) is 15.1. The first-order valence-electron chi connectivity index (χ1n) is 6.72. The van der Waals surface area contributed by atoms with Crippen molar-refractivity contribution in [3.63, 3.8) is 0 Å². The van der Waals surface area contributed by atoms with Crippen LogP contribution in [0, 0.1) is 11.8 Å². The maximum absolute atomic E-state index is 11.7. The maximum atomic E-state index is 11.7. The van der Waals surface area contributed by atoms with E-state index in [1.165, 1.54) is 6.92 Å². The molecule has 3 amide bonds. The summed E-state index contributed by atoms with van der Waals surface area (Å²) in [6.07, 6.45) is 0. The number of rotatable bonds is 7. The summed E-state index contributed by atoms with van der Waals surface area (Å²) < 4.78 is 0. The van der Waals surface area contributed by atoms with Gasteiger partial charge in [0.25, 0.3) is 0 Å². The first kappa shape index (κ1) is 18.2. The summed E-state index contributed by atoms with van der Waals surface area (Å²) >= 11 is 0. The quantitative estimate of drug-likeness (QED) is 0.548. The third kappa shape index (κ3) is 6.96. The van der Waals surface area contributed by atoms with E-state index in [0.29, 0.717) is 12.5 Å². The predicted molar refractivity (Wildman–Crippen MR) is 75.2 cm³/mol. The van der Waals surface area contributed by atoms with E-state index >= 15 is 0 Å². The molecule has 0 rings (SSSR count). The zero-order chi connectivity index (χ0) is 15.9. The van der Waals surface area contributed by atoms with Crippen LogP contribution in [0.25, 0.3) is 0 Å². The molecule has 0 aliphatic carbocycles. The monoisotopic (exact) mass is 287 g/mol. The second-order valence-corrected chi connectivity index (χ2v) is 5.39. The minimum absolute atomic E-state index is 0.271. The fraction of sp³-hybridized carbons (Fsp3) is 0.769. The Morgan fingerprint density at radius 3 is 2.00 bits per heavy atom. The molecule has 0 aliphatic heterocycles. The Morgan fingerprint density at radius 1 is 1.00 bits per heavy atom. The molecule has 0 aromatic rings. The van der Waals surface area contributed by atoms with Crippen LogP contribution in [0.2, 0.25) is 0 Å². The van der Waals surface area contributed by atoms with Crippen molar-refractivity contribution < 1.29 is 19.5 Å². The number of aliphatic carboxylic acids is 1. The smallest absolute Gasteiger partial charge is 0.315 e. The summed E-state index contributed by atoms with van der Waals surface area (Å²) in [5.41, 5.74) is 0. The van der Waals surface area contributed by atoms with Crippen LogP contribution >= 0.6 is 0 Å². The van der Waals surface area contributed by atoms with E-state index in [1.54, 1.807) is 13.8 Å². The molecule has 3 atom stereocenters. The van der Waals surface area contributed by atoms with Crippen molar-refractivity contribution in [1.82, 2.24) is 16.0 Å². The number of carbonyl (C=O) groups excluding carboxylic acids is 2. The highest BCUT2D eigenvalue weighted by Gasteiger charge is 2.22. The molecule has 20 heavy (non-hydrogen) atoms. The van der Waals surface area contributed by atoms with Crippen LogP contribution in [-0.4, -0.2) is 41.6 Å². The van der Waals surface area contributed by atoms with Gasteiger partial charge in [-0.15, -0.1) is 0 Å². The van der Waals surface area contributed by atoms with Crippen molar-refractivity contribution in [2.24, 2.45) is 11.8 Å². The van der Waals surface area contributed by atoms with Gasteiger partial charge in [0.1, 0.15) is 6.04 Å². The van der Waals surface area contributed by atoms with E-state index < -0.39 is 30.0 Å². The predicted octanol–water partition coefficient (Wildman–Crippen LogP) is 0.556. The van der Waals surface area contributed by atoms with Crippen molar-refractivity contribution in [2.75, 3.05) is 6.54 Å². The van der Waals surface area contributed by atoms with Gasteiger partial charge in [-0.25, -0.2) is 4.79 Å². The first-order chi connectivity index (χ1) is 9.15.